The van der Waals surface area contributed by atoms with Crippen molar-refractivity contribution in [3.8, 4) is 11.8 Å². The Morgan fingerprint density at radius 1 is 1.14 bits per heavy atom. The Morgan fingerprint density at radius 3 is 2.49 bits per heavy atom. The smallest absolute Gasteiger partial charge is 0.271 e. The summed E-state index contributed by atoms with van der Waals surface area (Å²) in [5.74, 6) is 5.20. The highest BCUT2D eigenvalue weighted by atomic mass is 16.5. The SMILES string of the molecule is Cc1ncnc(C)c1C(=O)NCCC(C)N1CCC(N(Cc2cccc(C#N)c2)c2ccc(OCC(=O)NN)cc2)CC1. The van der Waals surface area contributed by atoms with Gasteiger partial charge in [0.05, 0.1) is 28.6 Å². The number of amides is 2. The van der Waals surface area contributed by atoms with E-state index in [9.17, 15) is 14.9 Å². The van der Waals surface area contributed by atoms with Crippen molar-refractivity contribution < 1.29 is 14.3 Å². The average Bonchev–Trinajstić information content (AvgIpc) is 3.03. The van der Waals surface area contributed by atoms with Crippen molar-refractivity contribution >= 4 is 17.5 Å². The molecule has 1 aliphatic heterocycles. The van der Waals surface area contributed by atoms with Crippen LogP contribution in [-0.4, -0.2) is 65.0 Å². The zero-order valence-electron chi connectivity index (χ0n) is 25.0. The molecule has 0 saturated carbocycles. The zero-order valence-corrected chi connectivity index (χ0v) is 25.0. The van der Waals surface area contributed by atoms with E-state index < -0.39 is 5.91 Å². The molecule has 2 aromatic carbocycles. The van der Waals surface area contributed by atoms with Gasteiger partial charge in [0, 0.05) is 44.0 Å². The summed E-state index contributed by atoms with van der Waals surface area (Å²) in [6, 6.07) is 18.3. The van der Waals surface area contributed by atoms with Crippen LogP contribution in [0.5, 0.6) is 5.75 Å². The second-order valence-electron chi connectivity index (χ2n) is 10.9. The molecule has 2 amide bonds. The molecule has 0 aliphatic carbocycles. The van der Waals surface area contributed by atoms with Gasteiger partial charge in [-0.15, -0.1) is 0 Å². The van der Waals surface area contributed by atoms with Crippen LogP contribution in [0.2, 0.25) is 0 Å². The van der Waals surface area contributed by atoms with Crippen LogP contribution in [0.1, 0.15) is 59.1 Å². The number of hydrogen-bond donors (Lipinski definition) is 3. The summed E-state index contributed by atoms with van der Waals surface area (Å²) in [5, 5.41) is 12.5. The normalized spacial score (nSPS) is 14.4. The number of likely N-dealkylation sites (tertiary alicyclic amines) is 1. The third-order valence-corrected chi connectivity index (χ3v) is 7.97. The summed E-state index contributed by atoms with van der Waals surface area (Å²) in [4.78, 5) is 37.4. The highest BCUT2D eigenvalue weighted by Gasteiger charge is 2.27. The Hall–Kier alpha value is -4.53. The first kappa shape index (κ1) is 31.4. The summed E-state index contributed by atoms with van der Waals surface area (Å²) in [5.41, 5.74) is 6.74. The van der Waals surface area contributed by atoms with E-state index in [1.165, 1.54) is 6.33 Å². The number of aromatic nitrogens is 2. The number of ether oxygens (including phenoxy) is 1. The Labute approximate surface area is 253 Å². The molecule has 43 heavy (non-hydrogen) atoms. The third-order valence-electron chi connectivity index (χ3n) is 7.97. The number of anilines is 1. The molecular formula is C32H40N8O3. The number of piperidine rings is 1. The topological polar surface area (TPSA) is 150 Å². The maximum Gasteiger partial charge on any atom is 0.271 e. The molecule has 4 rings (SSSR count). The van der Waals surface area contributed by atoms with Gasteiger partial charge in [0.1, 0.15) is 12.1 Å². The molecule has 0 bridgehead atoms. The van der Waals surface area contributed by atoms with E-state index in [4.69, 9.17) is 10.6 Å². The largest absolute Gasteiger partial charge is 0.484 e. The predicted octanol–water partition coefficient (Wildman–Crippen LogP) is 3.01. The molecule has 11 heteroatoms. The summed E-state index contributed by atoms with van der Waals surface area (Å²) >= 11 is 0. The van der Waals surface area contributed by atoms with Gasteiger partial charge in [-0.2, -0.15) is 5.26 Å². The molecule has 0 spiro atoms. The minimum absolute atomic E-state index is 0.128. The molecule has 1 aromatic heterocycles. The van der Waals surface area contributed by atoms with Crippen molar-refractivity contribution in [3.63, 3.8) is 0 Å². The lowest BCUT2D eigenvalue weighted by Crippen LogP contribution is -2.48. The first-order valence-electron chi connectivity index (χ1n) is 14.6. The fraction of sp³-hybridized carbons (Fsp3) is 0.406. The van der Waals surface area contributed by atoms with Crippen LogP contribution >= 0.6 is 0 Å². The number of carbonyl (C=O) groups is 2. The van der Waals surface area contributed by atoms with Crippen LogP contribution in [0.25, 0.3) is 0 Å². The van der Waals surface area contributed by atoms with Crippen molar-refractivity contribution in [2.45, 2.75) is 58.7 Å². The van der Waals surface area contributed by atoms with Gasteiger partial charge >= 0.3 is 0 Å². The number of benzene rings is 2. The van der Waals surface area contributed by atoms with Gasteiger partial charge in [0.15, 0.2) is 6.61 Å². The van der Waals surface area contributed by atoms with Gasteiger partial charge in [-0.05, 0) is 82.0 Å². The van der Waals surface area contributed by atoms with Gasteiger partial charge in [-0.25, -0.2) is 15.8 Å². The van der Waals surface area contributed by atoms with Crippen molar-refractivity contribution in [1.82, 2.24) is 25.6 Å². The standard InChI is InChI=1S/C32H40N8O3/c1-22(11-14-35-32(42)31-23(2)36-21-37-24(31)3)39-15-12-28(13-16-39)40(19-26-6-4-5-25(17-26)18-33)27-7-9-29(10-8-27)43-20-30(41)38-34/h4-10,17,21-22,28H,11-16,19-20,34H2,1-3H3,(H,35,42)(H,38,41). The monoisotopic (exact) mass is 584 g/mol. The third kappa shape index (κ3) is 8.50. The van der Waals surface area contributed by atoms with Crippen molar-refractivity contribution in [2.24, 2.45) is 5.84 Å². The van der Waals surface area contributed by atoms with Crippen LogP contribution in [0.4, 0.5) is 5.69 Å². The summed E-state index contributed by atoms with van der Waals surface area (Å²) < 4.78 is 5.53. The lowest BCUT2D eigenvalue weighted by Gasteiger charge is -2.42. The van der Waals surface area contributed by atoms with Gasteiger partial charge in [-0.1, -0.05) is 12.1 Å². The van der Waals surface area contributed by atoms with E-state index in [1.54, 1.807) is 0 Å². The van der Waals surface area contributed by atoms with Crippen molar-refractivity contribution in [3.05, 3.63) is 82.9 Å². The molecule has 4 N–H and O–H groups in total. The fourth-order valence-corrected chi connectivity index (χ4v) is 5.52. The maximum absolute atomic E-state index is 12.7. The Bertz CT molecular complexity index is 1410. The Morgan fingerprint density at radius 2 is 1.84 bits per heavy atom. The molecule has 0 radical (unpaired) electrons. The molecule has 1 aliphatic rings. The van der Waals surface area contributed by atoms with Gasteiger partial charge in [-0.3, -0.25) is 15.0 Å². The highest BCUT2D eigenvalue weighted by Crippen LogP contribution is 2.29. The molecule has 11 nitrogen and oxygen atoms in total. The average molecular weight is 585 g/mol. The summed E-state index contributed by atoms with van der Waals surface area (Å²) in [6.07, 6.45) is 4.27. The first-order chi connectivity index (χ1) is 20.8. The molecule has 1 atom stereocenters. The number of rotatable bonds is 12. The predicted molar refractivity (Wildman–Crippen MR) is 164 cm³/mol. The van der Waals surface area contributed by atoms with Crippen LogP contribution in [0.3, 0.4) is 0 Å². The Kier molecular flexibility index (Phi) is 11.0. The highest BCUT2D eigenvalue weighted by molar-refractivity contribution is 5.96. The van der Waals surface area contributed by atoms with Crippen molar-refractivity contribution in [2.75, 3.05) is 31.1 Å². The lowest BCUT2D eigenvalue weighted by molar-refractivity contribution is -0.123. The number of nitrogens with two attached hydrogens (primary N) is 1. The summed E-state index contributed by atoms with van der Waals surface area (Å²) in [6.45, 7) is 8.83. The van der Waals surface area contributed by atoms with Crippen LogP contribution < -0.4 is 26.2 Å². The van der Waals surface area contributed by atoms with E-state index in [0.29, 0.717) is 53.4 Å². The number of carbonyl (C=O) groups excluding carboxylic acids is 2. The van der Waals surface area contributed by atoms with Gasteiger partial charge < -0.3 is 19.9 Å². The number of nitrogens with zero attached hydrogens (tertiary/aromatic N) is 5. The van der Waals surface area contributed by atoms with Crippen molar-refractivity contribution in [1.29, 1.82) is 5.26 Å². The zero-order chi connectivity index (χ0) is 30.8. The molecular weight excluding hydrogens is 544 g/mol. The molecule has 1 unspecified atom stereocenters. The number of hydrogen-bond acceptors (Lipinski definition) is 9. The van der Waals surface area contributed by atoms with E-state index in [2.05, 4.69) is 43.5 Å². The van der Waals surface area contributed by atoms with Gasteiger partial charge in [0.2, 0.25) is 0 Å². The minimum atomic E-state index is -0.401. The maximum atomic E-state index is 12.7. The lowest BCUT2D eigenvalue weighted by atomic mass is 9.99. The number of hydrazine groups is 1. The first-order valence-corrected chi connectivity index (χ1v) is 14.6. The van der Waals surface area contributed by atoms with Gasteiger partial charge in [0.25, 0.3) is 11.8 Å². The number of aryl methyl sites for hydroxylation is 2. The van der Waals surface area contributed by atoms with Crippen LogP contribution in [0.15, 0.2) is 54.9 Å². The van der Waals surface area contributed by atoms with E-state index in [0.717, 1.165) is 43.6 Å². The quantitative estimate of drug-likeness (QED) is 0.166. The number of nitrogens with one attached hydrogen (secondary N) is 2. The molecule has 3 aromatic rings. The number of nitriles is 1. The Balaban J connectivity index is 1.37. The molecule has 226 valence electrons. The second kappa shape index (κ2) is 15.1. The van der Waals surface area contributed by atoms with E-state index >= 15 is 0 Å². The van der Waals surface area contributed by atoms with E-state index in [1.807, 2.05) is 62.4 Å². The molecule has 1 saturated heterocycles. The fourth-order valence-electron chi connectivity index (χ4n) is 5.52. The van der Waals surface area contributed by atoms with Crippen LogP contribution in [-0.2, 0) is 11.3 Å². The molecule has 2 heterocycles. The second-order valence-corrected chi connectivity index (χ2v) is 10.9. The van der Waals surface area contributed by atoms with E-state index in [-0.39, 0.29) is 12.5 Å². The molecule has 1 fully saturated rings. The van der Waals surface area contributed by atoms with Crippen LogP contribution in [0, 0.1) is 25.2 Å². The minimum Gasteiger partial charge on any atom is -0.484 e. The summed E-state index contributed by atoms with van der Waals surface area (Å²) in [7, 11) is 0.